The molecule has 0 bridgehead atoms. The Hall–Kier alpha value is -1.34. The molecule has 0 radical (unpaired) electrons. The molecule has 1 heterocycles. The molecule has 98 valence electrons. The Labute approximate surface area is 99.8 Å². The van der Waals surface area contributed by atoms with Crippen molar-refractivity contribution in [3.05, 3.63) is 0 Å². The van der Waals surface area contributed by atoms with E-state index in [2.05, 4.69) is 15.5 Å². The number of aliphatic hydroxyl groups excluding tert-OH is 1. The number of likely N-dealkylation sites (N-methyl/N-ethyl adjacent to an activating group) is 1. The number of hydrogen-bond donors (Lipinski definition) is 4. The molecule has 0 aromatic rings. The van der Waals surface area contributed by atoms with Crippen LogP contribution in [0.2, 0.25) is 0 Å². The number of hydrogen-bond acceptors (Lipinski definition) is 4. The molecule has 0 aromatic carbocycles. The van der Waals surface area contributed by atoms with Crippen LogP contribution in [0.3, 0.4) is 0 Å². The van der Waals surface area contributed by atoms with Gasteiger partial charge in [0.05, 0.1) is 6.54 Å². The van der Waals surface area contributed by atoms with Crippen LogP contribution in [0.5, 0.6) is 0 Å². The Bertz CT molecular complexity index is 285. The first-order valence-electron chi connectivity index (χ1n) is 5.63. The lowest BCUT2D eigenvalue weighted by Gasteiger charge is -2.19. The molecular formula is C10H19N3O4. The summed E-state index contributed by atoms with van der Waals surface area (Å²) in [7, 11) is 2.01. The van der Waals surface area contributed by atoms with E-state index < -0.39 is 18.1 Å². The number of carboxylic acids is 1. The second-order valence-electron chi connectivity index (χ2n) is 4.22. The number of nitrogens with one attached hydrogen (secondary N) is 2. The lowest BCUT2D eigenvalue weighted by Crippen LogP contribution is -2.45. The van der Waals surface area contributed by atoms with Gasteiger partial charge in [-0.05, 0) is 26.4 Å². The van der Waals surface area contributed by atoms with E-state index in [0.29, 0.717) is 12.6 Å². The van der Waals surface area contributed by atoms with E-state index in [4.69, 9.17) is 10.2 Å². The Balaban J connectivity index is 2.15. The second kappa shape index (κ2) is 6.41. The summed E-state index contributed by atoms with van der Waals surface area (Å²) in [5.41, 5.74) is 0. The van der Waals surface area contributed by atoms with E-state index in [1.165, 1.54) is 0 Å². The molecule has 1 aliphatic rings. The van der Waals surface area contributed by atoms with Gasteiger partial charge in [0, 0.05) is 12.6 Å². The van der Waals surface area contributed by atoms with Gasteiger partial charge in [-0.3, -0.25) is 0 Å². The van der Waals surface area contributed by atoms with E-state index >= 15 is 0 Å². The zero-order chi connectivity index (χ0) is 12.8. The first kappa shape index (κ1) is 13.7. The highest BCUT2D eigenvalue weighted by Crippen LogP contribution is 2.13. The van der Waals surface area contributed by atoms with Crippen molar-refractivity contribution in [3.8, 4) is 0 Å². The quantitative estimate of drug-likeness (QED) is 0.488. The Morgan fingerprint density at radius 3 is 2.71 bits per heavy atom. The van der Waals surface area contributed by atoms with Crippen molar-refractivity contribution in [2.75, 3.05) is 26.7 Å². The highest BCUT2D eigenvalue weighted by molar-refractivity contribution is 5.76. The van der Waals surface area contributed by atoms with Crippen molar-refractivity contribution in [1.82, 2.24) is 15.5 Å². The average molecular weight is 245 g/mol. The summed E-state index contributed by atoms with van der Waals surface area (Å²) in [5, 5.41) is 22.3. The SMILES string of the molecule is CN1CCCC1CNC(=O)NC[C@H](O)C(=O)O. The van der Waals surface area contributed by atoms with Crippen LogP contribution in [0, 0.1) is 0 Å². The average Bonchev–Trinajstić information content (AvgIpc) is 2.68. The van der Waals surface area contributed by atoms with Gasteiger partial charge >= 0.3 is 12.0 Å². The van der Waals surface area contributed by atoms with E-state index in [0.717, 1.165) is 19.4 Å². The number of aliphatic carboxylic acids is 1. The molecule has 2 atom stereocenters. The summed E-state index contributed by atoms with van der Waals surface area (Å²) in [6.45, 7) is 1.28. The van der Waals surface area contributed by atoms with Gasteiger partial charge in [-0.1, -0.05) is 0 Å². The molecule has 7 nitrogen and oxygen atoms in total. The first-order chi connectivity index (χ1) is 8.00. The Kier molecular flexibility index (Phi) is 5.17. The largest absolute Gasteiger partial charge is 0.479 e. The fourth-order valence-electron chi connectivity index (χ4n) is 1.79. The van der Waals surface area contributed by atoms with Crippen LogP contribution >= 0.6 is 0 Å². The highest BCUT2D eigenvalue weighted by Gasteiger charge is 2.21. The summed E-state index contributed by atoms with van der Waals surface area (Å²) >= 11 is 0. The molecule has 1 aliphatic heterocycles. The Morgan fingerprint density at radius 1 is 1.47 bits per heavy atom. The number of amides is 2. The fourth-order valence-corrected chi connectivity index (χ4v) is 1.79. The highest BCUT2D eigenvalue weighted by atomic mass is 16.4. The minimum Gasteiger partial charge on any atom is -0.479 e. The lowest BCUT2D eigenvalue weighted by atomic mass is 10.2. The molecule has 2 amide bonds. The van der Waals surface area contributed by atoms with Crippen molar-refractivity contribution < 1.29 is 19.8 Å². The maximum Gasteiger partial charge on any atom is 0.334 e. The van der Waals surface area contributed by atoms with Crippen molar-refractivity contribution in [3.63, 3.8) is 0 Å². The zero-order valence-electron chi connectivity index (χ0n) is 9.85. The van der Waals surface area contributed by atoms with Crippen LogP contribution in [0.1, 0.15) is 12.8 Å². The molecule has 0 aromatic heterocycles. The number of urea groups is 1. The summed E-state index contributed by atoms with van der Waals surface area (Å²) in [4.78, 5) is 23.8. The van der Waals surface area contributed by atoms with Gasteiger partial charge in [-0.15, -0.1) is 0 Å². The normalized spacial score (nSPS) is 22.1. The number of carbonyl (C=O) groups excluding carboxylic acids is 1. The van der Waals surface area contributed by atoms with E-state index in [9.17, 15) is 9.59 Å². The number of nitrogens with zero attached hydrogens (tertiary/aromatic N) is 1. The summed E-state index contributed by atoms with van der Waals surface area (Å²) < 4.78 is 0. The van der Waals surface area contributed by atoms with Gasteiger partial charge in [-0.25, -0.2) is 9.59 Å². The number of carbonyl (C=O) groups is 2. The number of rotatable bonds is 5. The molecule has 17 heavy (non-hydrogen) atoms. The topological polar surface area (TPSA) is 102 Å². The summed E-state index contributed by atoms with van der Waals surface area (Å²) in [5.74, 6) is -1.35. The van der Waals surface area contributed by atoms with Gasteiger partial charge < -0.3 is 25.7 Å². The van der Waals surface area contributed by atoms with Gasteiger partial charge in [-0.2, -0.15) is 0 Å². The molecule has 1 rings (SSSR count). The van der Waals surface area contributed by atoms with Crippen molar-refractivity contribution >= 4 is 12.0 Å². The van der Waals surface area contributed by atoms with Crippen molar-refractivity contribution in [1.29, 1.82) is 0 Å². The molecular weight excluding hydrogens is 226 g/mol. The molecule has 4 N–H and O–H groups in total. The van der Waals surface area contributed by atoms with Crippen LogP contribution in [0.4, 0.5) is 4.79 Å². The monoisotopic (exact) mass is 245 g/mol. The number of likely N-dealkylation sites (tertiary alicyclic amines) is 1. The third-order valence-corrected chi connectivity index (χ3v) is 2.91. The van der Waals surface area contributed by atoms with Crippen LogP contribution in [0.25, 0.3) is 0 Å². The van der Waals surface area contributed by atoms with Gasteiger partial charge in [0.2, 0.25) is 0 Å². The Morgan fingerprint density at radius 2 is 2.18 bits per heavy atom. The standard InChI is InChI=1S/C10H19N3O4/c1-13-4-2-3-7(13)5-11-10(17)12-6-8(14)9(15)16/h7-8,14H,2-6H2,1H3,(H,15,16)(H2,11,12,17)/t7?,8-/m0/s1. The van der Waals surface area contributed by atoms with E-state index in [-0.39, 0.29) is 6.54 Å². The molecule has 0 aliphatic carbocycles. The summed E-state index contributed by atoms with van der Waals surface area (Å²) in [6.07, 6.45) is 0.617. The smallest absolute Gasteiger partial charge is 0.334 e. The third-order valence-electron chi connectivity index (χ3n) is 2.91. The van der Waals surface area contributed by atoms with Crippen LogP contribution < -0.4 is 10.6 Å². The fraction of sp³-hybridized carbons (Fsp3) is 0.800. The molecule has 1 saturated heterocycles. The third kappa shape index (κ3) is 4.58. The second-order valence-corrected chi connectivity index (χ2v) is 4.22. The maximum absolute atomic E-state index is 11.3. The minimum absolute atomic E-state index is 0.290. The molecule has 0 spiro atoms. The minimum atomic E-state index is -1.56. The maximum atomic E-state index is 11.3. The molecule has 0 saturated carbocycles. The molecule has 1 fully saturated rings. The zero-order valence-corrected chi connectivity index (χ0v) is 9.85. The predicted molar refractivity (Wildman–Crippen MR) is 60.7 cm³/mol. The molecule has 7 heteroatoms. The first-order valence-corrected chi connectivity index (χ1v) is 5.63. The van der Waals surface area contributed by atoms with Gasteiger partial charge in [0.25, 0.3) is 0 Å². The van der Waals surface area contributed by atoms with Crippen LogP contribution in [-0.2, 0) is 4.79 Å². The van der Waals surface area contributed by atoms with Crippen LogP contribution in [-0.4, -0.2) is 65.9 Å². The molecule has 1 unspecified atom stereocenters. The number of carboxylic acid groups (broad SMARTS) is 1. The lowest BCUT2D eigenvalue weighted by molar-refractivity contribution is -0.146. The van der Waals surface area contributed by atoms with E-state index in [1.807, 2.05) is 7.05 Å². The van der Waals surface area contributed by atoms with Crippen LogP contribution in [0.15, 0.2) is 0 Å². The predicted octanol–water partition coefficient (Wildman–Crippen LogP) is -1.17. The van der Waals surface area contributed by atoms with Crippen molar-refractivity contribution in [2.24, 2.45) is 0 Å². The van der Waals surface area contributed by atoms with E-state index in [1.54, 1.807) is 0 Å². The number of aliphatic hydroxyl groups is 1. The van der Waals surface area contributed by atoms with Gasteiger partial charge in [0.1, 0.15) is 0 Å². The summed E-state index contributed by atoms with van der Waals surface area (Å²) in [6, 6.07) is -0.115. The van der Waals surface area contributed by atoms with Crippen molar-refractivity contribution in [2.45, 2.75) is 25.0 Å². The van der Waals surface area contributed by atoms with Gasteiger partial charge in [0.15, 0.2) is 6.10 Å².